The lowest BCUT2D eigenvalue weighted by Crippen LogP contribution is -2.07. The maximum Gasteiger partial charge on any atom is 0.224 e. The number of halogens is 1. The molecule has 2 rings (SSSR count). The van der Waals surface area contributed by atoms with Crippen LogP contribution in [-0.2, 0) is 0 Å². The van der Waals surface area contributed by atoms with Crippen molar-refractivity contribution in [3.8, 4) is 5.82 Å². The molecule has 2 heterocycles. The van der Waals surface area contributed by atoms with Gasteiger partial charge < -0.3 is 5.32 Å². The summed E-state index contributed by atoms with van der Waals surface area (Å²) in [6.07, 6.45) is 5.52. The molecule has 0 radical (unpaired) electrons. The lowest BCUT2D eigenvalue weighted by atomic mass is 10.5. The first kappa shape index (κ1) is 10.8. The Morgan fingerprint density at radius 1 is 1.50 bits per heavy atom. The Morgan fingerprint density at radius 3 is 3.06 bits per heavy atom. The van der Waals surface area contributed by atoms with E-state index in [-0.39, 0.29) is 0 Å². The predicted molar refractivity (Wildman–Crippen MR) is 60.7 cm³/mol. The average molecular weight is 239 g/mol. The van der Waals surface area contributed by atoms with Crippen LogP contribution in [0, 0.1) is 0 Å². The van der Waals surface area contributed by atoms with Crippen LogP contribution in [-0.4, -0.2) is 31.3 Å². The largest absolute Gasteiger partial charge is 0.354 e. The minimum atomic E-state index is 0.438. The van der Waals surface area contributed by atoms with Crippen molar-refractivity contribution in [3.63, 3.8) is 0 Å². The molecule has 0 aromatic carbocycles. The fraction of sp³-hybridized carbons (Fsp3) is 0.333. The Hall–Kier alpha value is -1.69. The van der Waals surface area contributed by atoms with Gasteiger partial charge >= 0.3 is 0 Å². The van der Waals surface area contributed by atoms with Crippen LogP contribution in [0.1, 0.15) is 13.3 Å². The first-order valence-corrected chi connectivity index (χ1v) is 5.30. The molecule has 1 N–H and O–H groups in total. The summed E-state index contributed by atoms with van der Waals surface area (Å²) in [5.41, 5.74) is 0. The second-order valence-corrected chi connectivity index (χ2v) is 3.54. The number of aromatic nitrogens is 5. The Morgan fingerprint density at radius 2 is 2.38 bits per heavy atom. The van der Waals surface area contributed by atoms with E-state index in [1.54, 1.807) is 6.20 Å². The van der Waals surface area contributed by atoms with E-state index in [2.05, 4.69) is 32.3 Å². The number of rotatable bonds is 4. The summed E-state index contributed by atoms with van der Waals surface area (Å²) in [4.78, 5) is 12.2. The second kappa shape index (κ2) is 4.89. The molecule has 6 nitrogen and oxygen atoms in total. The monoisotopic (exact) mass is 238 g/mol. The van der Waals surface area contributed by atoms with Crippen molar-refractivity contribution in [3.05, 3.63) is 23.9 Å². The average Bonchev–Trinajstić information content (AvgIpc) is 2.81. The number of nitrogens with one attached hydrogen (secondary N) is 1. The molecule has 0 bridgehead atoms. The summed E-state index contributed by atoms with van der Waals surface area (Å²) in [5, 5.41) is 7.49. The zero-order valence-corrected chi connectivity index (χ0v) is 9.52. The Kier molecular flexibility index (Phi) is 3.31. The number of anilines is 1. The van der Waals surface area contributed by atoms with E-state index in [4.69, 9.17) is 11.6 Å². The van der Waals surface area contributed by atoms with Crippen molar-refractivity contribution >= 4 is 17.5 Å². The van der Waals surface area contributed by atoms with Gasteiger partial charge in [-0.15, -0.1) is 0 Å². The van der Waals surface area contributed by atoms with Crippen LogP contribution < -0.4 is 5.32 Å². The van der Waals surface area contributed by atoms with Crippen molar-refractivity contribution in [1.82, 2.24) is 24.7 Å². The summed E-state index contributed by atoms with van der Waals surface area (Å²) in [6, 6.07) is 0. The van der Waals surface area contributed by atoms with Gasteiger partial charge in [0.2, 0.25) is 5.95 Å². The van der Waals surface area contributed by atoms with Crippen molar-refractivity contribution in [1.29, 1.82) is 0 Å². The molecule has 0 aliphatic carbocycles. The van der Waals surface area contributed by atoms with Crippen LogP contribution in [0.5, 0.6) is 0 Å². The highest BCUT2D eigenvalue weighted by Gasteiger charge is 2.07. The van der Waals surface area contributed by atoms with Crippen molar-refractivity contribution in [2.24, 2.45) is 0 Å². The van der Waals surface area contributed by atoms with Crippen molar-refractivity contribution in [2.45, 2.75) is 13.3 Å². The highest BCUT2D eigenvalue weighted by Crippen LogP contribution is 2.17. The zero-order valence-electron chi connectivity index (χ0n) is 8.76. The van der Waals surface area contributed by atoms with E-state index in [9.17, 15) is 0 Å². The first-order valence-electron chi connectivity index (χ1n) is 4.92. The minimum absolute atomic E-state index is 0.438. The van der Waals surface area contributed by atoms with Crippen LogP contribution in [0.25, 0.3) is 5.82 Å². The third-order valence-electron chi connectivity index (χ3n) is 1.89. The van der Waals surface area contributed by atoms with E-state index in [1.807, 2.05) is 0 Å². The van der Waals surface area contributed by atoms with Crippen LogP contribution >= 0.6 is 11.6 Å². The highest BCUT2D eigenvalue weighted by atomic mass is 35.5. The molecule has 0 aliphatic heterocycles. The lowest BCUT2D eigenvalue weighted by molar-refractivity contribution is 0.835. The summed E-state index contributed by atoms with van der Waals surface area (Å²) in [7, 11) is 0. The zero-order chi connectivity index (χ0) is 11.4. The normalized spacial score (nSPS) is 10.4. The third kappa shape index (κ3) is 2.27. The lowest BCUT2D eigenvalue weighted by Gasteiger charge is -2.06. The van der Waals surface area contributed by atoms with Gasteiger partial charge in [-0.25, -0.2) is 14.6 Å². The molecule has 84 valence electrons. The predicted octanol–water partition coefficient (Wildman–Crippen LogP) is 1.53. The van der Waals surface area contributed by atoms with Crippen molar-refractivity contribution < 1.29 is 0 Å². The van der Waals surface area contributed by atoms with E-state index < -0.39 is 0 Å². The van der Waals surface area contributed by atoms with Gasteiger partial charge in [-0.2, -0.15) is 10.1 Å². The number of hydrogen-bond donors (Lipinski definition) is 1. The fourth-order valence-electron chi connectivity index (χ4n) is 1.16. The topological polar surface area (TPSA) is 68.5 Å². The molecule has 0 aliphatic rings. The first-order chi connectivity index (χ1) is 7.81. The highest BCUT2D eigenvalue weighted by molar-refractivity contribution is 6.32. The van der Waals surface area contributed by atoms with Gasteiger partial charge in [0.1, 0.15) is 17.7 Å². The van der Waals surface area contributed by atoms with E-state index in [1.165, 1.54) is 17.3 Å². The Balaban J connectivity index is 2.30. The molecule has 0 fully saturated rings. The van der Waals surface area contributed by atoms with Gasteiger partial charge in [-0.1, -0.05) is 18.5 Å². The van der Waals surface area contributed by atoms with Gasteiger partial charge in [-0.05, 0) is 6.42 Å². The molecule has 0 amide bonds. The summed E-state index contributed by atoms with van der Waals surface area (Å²) in [6.45, 7) is 2.89. The van der Waals surface area contributed by atoms with Gasteiger partial charge in [-0.3, -0.25) is 0 Å². The second-order valence-electron chi connectivity index (χ2n) is 3.13. The SMILES string of the molecule is CCCNc1ncc(Cl)c(-n2cncn2)n1. The van der Waals surface area contributed by atoms with Crippen LogP contribution in [0.2, 0.25) is 5.02 Å². The minimum Gasteiger partial charge on any atom is -0.354 e. The quantitative estimate of drug-likeness (QED) is 0.875. The maximum atomic E-state index is 5.98. The van der Waals surface area contributed by atoms with Gasteiger partial charge in [0.25, 0.3) is 0 Å². The molecule has 0 saturated heterocycles. The van der Waals surface area contributed by atoms with Crippen molar-refractivity contribution in [2.75, 3.05) is 11.9 Å². The Bertz CT molecular complexity index is 455. The maximum absolute atomic E-state index is 5.98. The summed E-state index contributed by atoms with van der Waals surface area (Å²) in [5.74, 6) is 1.06. The molecular formula is C9H11ClN6. The van der Waals surface area contributed by atoms with Gasteiger partial charge in [0.05, 0.1) is 6.20 Å². The van der Waals surface area contributed by atoms with E-state index in [0.717, 1.165) is 13.0 Å². The Labute approximate surface area is 97.7 Å². The molecule has 0 saturated carbocycles. The summed E-state index contributed by atoms with van der Waals surface area (Å²) >= 11 is 5.98. The van der Waals surface area contributed by atoms with Gasteiger partial charge in [0, 0.05) is 6.54 Å². The van der Waals surface area contributed by atoms with E-state index in [0.29, 0.717) is 16.8 Å². The third-order valence-corrected chi connectivity index (χ3v) is 2.16. The molecule has 7 heteroatoms. The van der Waals surface area contributed by atoms with Crippen LogP contribution in [0.3, 0.4) is 0 Å². The molecule has 0 atom stereocenters. The summed E-state index contributed by atoms with van der Waals surface area (Å²) < 4.78 is 1.50. The molecule has 16 heavy (non-hydrogen) atoms. The molecule has 2 aromatic heterocycles. The molecule has 0 spiro atoms. The number of hydrogen-bond acceptors (Lipinski definition) is 5. The molecule has 0 unspecified atom stereocenters. The molecular weight excluding hydrogens is 228 g/mol. The standard InChI is InChI=1S/C9H11ClN6/c1-2-3-12-9-13-4-7(10)8(15-9)16-6-11-5-14-16/h4-6H,2-3H2,1H3,(H,12,13,15). The fourth-order valence-corrected chi connectivity index (χ4v) is 1.34. The van der Waals surface area contributed by atoms with E-state index >= 15 is 0 Å². The number of nitrogens with zero attached hydrogens (tertiary/aromatic N) is 5. The van der Waals surface area contributed by atoms with Gasteiger partial charge in [0.15, 0.2) is 5.82 Å². The van der Waals surface area contributed by atoms with Crippen LogP contribution in [0.15, 0.2) is 18.9 Å². The smallest absolute Gasteiger partial charge is 0.224 e. The molecule has 2 aromatic rings. The van der Waals surface area contributed by atoms with Crippen LogP contribution in [0.4, 0.5) is 5.95 Å².